The van der Waals surface area contributed by atoms with E-state index in [4.69, 9.17) is 16.1 Å². The van der Waals surface area contributed by atoms with Crippen LogP contribution in [0.3, 0.4) is 0 Å². The first-order valence-electron chi connectivity index (χ1n) is 3.43. The molecule has 0 bridgehead atoms. The fraction of sp³-hybridized carbons (Fsp3) is 0. The third-order valence-electron chi connectivity index (χ3n) is 1.63. The summed E-state index contributed by atoms with van der Waals surface area (Å²) in [6.45, 7) is 0. The van der Waals surface area contributed by atoms with E-state index < -0.39 is 11.7 Å². The molecule has 0 radical (unpaired) electrons. The minimum absolute atomic E-state index is 0.00655. The Morgan fingerprint density at radius 1 is 1.64 bits per heavy atom. The molecular formula is C8H5BrN2O3. The van der Waals surface area contributed by atoms with Gasteiger partial charge < -0.3 is 15.9 Å². The van der Waals surface area contributed by atoms with E-state index in [9.17, 15) is 9.90 Å². The minimum Gasteiger partial charge on any atom is -0.506 e. The summed E-state index contributed by atoms with van der Waals surface area (Å²) >= 11 is 2.90. The van der Waals surface area contributed by atoms with Crippen LogP contribution in [0.15, 0.2) is 10.5 Å². The first kappa shape index (κ1) is 10.3. The highest BCUT2D eigenvalue weighted by Crippen LogP contribution is 2.35. The fourth-order valence-corrected chi connectivity index (χ4v) is 1.34. The van der Waals surface area contributed by atoms with Crippen molar-refractivity contribution in [3.05, 3.63) is 21.7 Å². The number of anilines is 1. The predicted molar refractivity (Wildman–Crippen MR) is 51.9 cm³/mol. The van der Waals surface area contributed by atoms with Gasteiger partial charge in [0.2, 0.25) is 0 Å². The summed E-state index contributed by atoms with van der Waals surface area (Å²) in [4.78, 5) is 10.6. The number of carbonyl (C=O) groups is 1. The van der Waals surface area contributed by atoms with Gasteiger partial charge in [-0.1, -0.05) is 0 Å². The first-order chi connectivity index (χ1) is 6.49. The van der Waals surface area contributed by atoms with E-state index in [1.807, 2.05) is 0 Å². The number of nitriles is 1. The topological polar surface area (TPSA) is 107 Å². The normalized spacial score (nSPS) is 9.43. The highest BCUT2D eigenvalue weighted by atomic mass is 79.9. The number of nitrogen functional groups attached to an aromatic ring is 1. The lowest BCUT2D eigenvalue weighted by molar-refractivity contribution is 0.0693. The van der Waals surface area contributed by atoms with Crippen molar-refractivity contribution in [3.63, 3.8) is 0 Å². The van der Waals surface area contributed by atoms with Crippen molar-refractivity contribution in [2.24, 2.45) is 0 Å². The number of hydrogen-bond acceptors (Lipinski definition) is 4. The third-order valence-corrected chi connectivity index (χ3v) is 2.43. The maximum absolute atomic E-state index is 10.6. The van der Waals surface area contributed by atoms with E-state index >= 15 is 0 Å². The summed E-state index contributed by atoms with van der Waals surface area (Å²) in [6, 6.07) is 2.75. The van der Waals surface area contributed by atoms with E-state index in [1.54, 1.807) is 6.07 Å². The molecule has 1 rings (SSSR count). The van der Waals surface area contributed by atoms with Gasteiger partial charge in [-0.05, 0) is 22.0 Å². The Hall–Kier alpha value is -1.74. The summed E-state index contributed by atoms with van der Waals surface area (Å²) in [5.74, 6) is -1.80. The molecule has 0 atom stereocenters. The second-order valence-corrected chi connectivity index (χ2v) is 3.26. The quantitative estimate of drug-likeness (QED) is 0.657. The van der Waals surface area contributed by atoms with Gasteiger partial charge in [-0.15, -0.1) is 0 Å². The number of halogens is 1. The molecule has 6 heteroatoms. The monoisotopic (exact) mass is 256 g/mol. The second-order valence-electron chi connectivity index (χ2n) is 2.46. The Morgan fingerprint density at radius 3 is 2.64 bits per heavy atom. The van der Waals surface area contributed by atoms with Crippen LogP contribution < -0.4 is 5.73 Å². The summed E-state index contributed by atoms with van der Waals surface area (Å²) in [7, 11) is 0. The Morgan fingerprint density at radius 2 is 2.21 bits per heavy atom. The van der Waals surface area contributed by atoms with Gasteiger partial charge in [0, 0.05) is 0 Å². The molecule has 1 aromatic carbocycles. The highest BCUT2D eigenvalue weighted by molar-refractivity contribution is 9.10. The Balaban J connectivity index is 3.59. The van der Waals surface area contributed by atoms with Gasteiger partial charge in [0.15, 0.2) is 0 Å². The average Bonchev–Trinajstić information content (AvgIpc) is 2.14. The molecule has 0 amide bonds. The molecule has 14 heavy (non-hydrogen) atoms. The molecule has 0 aromatic heterocycles. The molecule has 0 aliphatic rings. The van der Waals surface area contributed by atoms with Gasteiger partial charge in [0.25, 0.3) is 0 Å². The summed E-state index contributed by atoms with van der Waals surface area (Å²) < 4.78 is 0.0222. The molecule has 0 saturated carbocycles. The molecule has 0 aliphatic heterocycles. The lowest BCUT2D eigenvalue weighted by Crippen LogP contribution is -2.01. The van der Waals surface area contributed by atoms with Crippen LogP contribution in [0.1, 0.15) is 15.9 Å². The average molecular weight is 257 g/mol. The number of benzene rings is 1. The number of nitrogens with zero attached hydrogens (tertiary/aromatic N) is 1. The van der Waals surface area contributed by atoms with Crippen molar-refractivity contribution >= 4 is 27.6 Å². The predicted octanol–water partition coefficient (Wildman–Crippen LogP) is 1.31. The van der Waals surface area contributed by atoms with Gasteiger partial charge in [-0.2, -0.15) is 5.26 Å². The van der Waals surface area contributed by atoms with E-state index in [-0.39, 0.29) is 21.3 Å². The number of rotatable bonds is 1. The molecule has 0 saturated heterocycles. The van der Waals surface area contributed by atoms with Crippen LogP contribution in [0, 0.1) is 11.3 Å². The summed E-state index contributed by atoms with van der Waals surface area (Å²) in [6.07, 6.45) is 0. The second kappa shape index (κ2) is 3.55. The Kier molecular flexibility index (Phi) is 2.63. The highest BCUT2D eigenvalue weighted by Gasteiger charge is 2.17. The SMILES string of the molecule is N#Cc1cc(C(=O)O)c(O)c(Br)c1N. The molecule has 0 spiro atoms. The van der Waals surface area contributed by atoms with Crippen LogP contribution in [0.25, 0.3) is 0 Å². The standard InChI is InChI=1S/C8H5BrN2O3/c9-5-6(11)3(2-10)1-4(7(5)12)8(13)14/h1,12H,11H2,(H,13,14). The lowest BCUT2D eigenvalue weighted by Gasteiger charge is -2.06. The zero-order chi connectivity index (χ0) is 10.9. The van der Waals surface area contributed by atoms with Crippen LogP contribution >= 0.6 is 15.9 Å². The number of carboxylic acids is 1. The maximum atomic E-state index is 10.6. The lowest BCUT2D eigenvalue weighted by atomic mass is 10.1. The van der Waals surface area contributed by atoms with Gasteiger partial charge >= 0.3 is 5.97 Å². The van der Waals surface area contributed by atoms with Crippen molar-refractivity contribution in [3.8, 4) is 11.8 Å². The minimum atomic E-state index is -1.32. The number of nitrogens with two attached hydrogens (primary N) is 1. The van der Waals surface area contributed by atoms with E-state index in [0.717, 1.165) is 6.07 Å². The van der Waals surface area contributed by atoms with Crippen LogP contribution in [0.2, 0.25) is 0 Å². The van der Waals surface area contributed by atoms with Crippen LogP contribution in [0.5, 0.6) is 5.75 Å². The summed E-state index contributed by atoms with van der Waals surface area (Å²) in [5, 5.41) is 26.6. The third kappa shape index (κ3) is 1.49. The van der Waals surface area contributed by atoms with Crippen LogP contribution in [0.4, 0.5) is 5.69 Å². The Bertz CT molecular complexity index is 451. The number of carboxylic acid groups (broad SMARTS) is 1. The number of phenols is 1. The molecule has 1 aromatic rings. The number of aromatic carboxylic acids is 1. The van der Waals surface area contributed by atoms with E-state index in [2.05, 4.69) is 15.9 Å². The smallest absolute Gasteiger partial charge is 0.339 e. The van der Waals surface area contributed by atoms with Gasteiger partial charge in [-0.3, -0.25) is 0 Å². The molecule has 0 aliphatic carbocycles. The maximum Gasteiger partial charge on any atom is 0.339 e. The van der Waals surface area contributed by atoms with Crippen molar-refractivity contribution in [1.29, 1.82) is 5.26 Å². The van der Waals surface area contributed by atoms with E-state index in [0.29, 0.717) is 0 Å². The van der Waals surface area contributed by atoms with E-state index in [1.165, 1.54) is 0 Å². The molecule has 0 fully saturated rings. The molecule has 4 N–H and O–H groups in total. The number of aromatic hydroxyl groups is 1. The Labute approximate surface area is 87.5 Å². The molecular weight excluding hydrogens is 252 g/mol. The van der Waals surface area contributed by atoms with Crippen molar-refractivity contribution < 1.29 is 15.0 Å². The summed E-state index contributed by atoms with van der Waals surface area (Å²) in [5.41, 5.74) is 5.11. The van der Waals surface area contributed by atoms with Gasteiger partial charge in [0.05, 0.1) is 15.7 Å². The van der Waals surface area contributed by atoms with Crippen molar-refractivity contribution in [2.75, 3.05) is 5.73 Å². The molecule has 5 nitrogen and oxygen atoms in total. The molecule has 0 unspecified atom stereocenters. The van der Waals surface area contributed by atoms with Crippen LogP contribution in [-0.4, -0.2) is 16.2 Å². The van der Waals surface area contributed by atoms with Crippen molar-refractivity contribution in [1.82, 2.24) is 0 Å². The van der Waals surface area contributed by atoms with Crippen molar-refractivity contribution in [2.45, 2.75) is 0 Å². The number of hydrogen-bond donors (Lipinski definition) is 3. The molecule has 0 heterocycles. The fourth-order valence-electron chi connectivity index (χ4n) is 0.910. The molecule has 72 valence electrons. The zero-order valence-corrected chi connectivity index (χ0v) is 8.37. The largest absolute Gasteiger partial charge is 0.506 e. The zero-order valence-electron chi connectivity index (χ0n) is 6.78. The van der Waals surface area contributed by atoms with Gasteiger partial charge in [0.1, 0.15) is 17.4 Å². The van der Waals surface area contributed by atoms with Gasteiger partial charge in [-0.25, -0.2) is 4.79 Å². The van der Waals surface area contributed by atoms with Crippen LogP contribution in [-0.2, 0) is 0 Å². The first-order valence-corrected chi connectivity index (χ1v) is 4.22.